The molecule has 4 aliphatic rings. The van der Waals surface area contributed by atoms with E-state index >= 15 is 0 Å². The van der Waals surface area contributed by atoms with Gasteiger partial charge in [-0.3, -0.25) is 24.0 Å². The Hall–Kier alpha value is -4.26. The van der Waals surface area contributed by atoms with Gasteiger partial charge in [0.05, 0.1) is 23.5 Å². The molecule has 0 amide bonds. The Morgan fingerprint density at radius 2 is 1.34 bits per heavy atom. The third-order valence-corrected chi connectivity index (χ3v) is 11.1. The van der Waals surface area contributed by atoms with E-state index in [9.17, 15) is 28.8 Å². The maximum atomic E-state index is 14.1. The lowest BCUT2D eigenvalue weighted by Crippen LogP contribution is -2.80. The van der Waals surface area contributed by atoms with Crippen molar-refractivity contribution < 1.29 is 61.9 Å². The summed E-state index contributed by atoms with van der Waals surface area (Å²) in [4.78, 5) is 78.5. The molecule has 0 aromatic heterocycles. The van der Waals surface area contributed by atoms with Gasteiger partial charge in [-0.1, -0.05) is 39.0 Å². The summed E-state index contributed by atoms with van der Waals surface area (Å²) in [5, 5.41) is 0. The molecule has 0 radical (unpaired) electrons. The third-order valence-electron chi connectivity index (χ3n) is 11.1. The molecule has 5 rings (SSSR count). The number of rotatable bonds is 7. The van der Waals surface area contributed by atoms with Crippen LogP contribution < -0.4 is 0 Å². The second-order valence-electron chi connectivity index (χ2n) is 14.6. The molecule has 2 bridgehead atoms. The molecule has 50 heavy (non-hydrogen) atoms. The van der Waals surface area contributed by atoms with E-state index in [1.807, 2.05) is 13.8 Å². The second kappa shape index (κ2) is 13.5. The lowest BCUT2D eigenvalue weighted by Gasteiger charge is -2.68. The Morgan fingerprint density at radius 3 is 1.86 bits per heavy atom. The highest BCUT2D eigenvalue weighted by Gasteiger charge is 2.77. The Morgan fingerprint density at radius 1 is 0.740 bits per heavy atom. The summed E-state index contributed by atoms with van der Waals surface area (Å²) < 4.78 is 43.1. The highest BCUT2D eigenvalue weighted by Crippen LogP contribution is 2.65. The first kappa shape index (κ1) is 37.0. The van der Waals surface area contributed by atoms with Crippen LogP contribution in [0.3, 0.4) is 0 Å². The average molecular weight is 699 g/mol. The van der Waals surface area contributed by atoms with E-state index in [2.05, 4.69) is 0 Å². The molecule has 10 atom stereocenters. The van der Waals surface area contributed by atoms with E-state index < -0.39 is 101 Å². The minimum Gasteiger partial charge on any atom is -0.462 e. The molecule has 3 fully saturated rings. The smallest absolute Gasteiger partial charge is 0.338 e. The van der Waals surface area contributed by atoms with Gasteiger partial charge in [0.2, 0.25) is 0 Å². The molecule has 0 unspecified atom stereocenters. The molecule has 272 valence electrons. The molecule has 13 heteroatoms. The Labute approximate surface area is 291 Å². The van der Waals surface area contributed by atoms with Crippen LogP contribution in [0.5, 0.6) is 0 Å². The van der Waals surface area contributed by atoms with E-state index in [1.54, 1.807) is 44.2 Å². The van der Waals surface area contributed by atoms with Crippen molar-refractivity contribution in [3.63, 3.8) is 0 Å². The van der Waals surface area contributed by atoms with Gasteiger partial charge in [-0.25, -0.2) is 4.79 Å². The molecule has 0 spiro atoms. The van der Waals surface area contributed by atoms with Crippen molar-refractivity contribution in [2.75, 3.05) is 6.61 Å². The normalized spacial score (nSPS) is 35.3. The van der Waals surface area contributed by atoms with Gasteiger partial charge in [-0.15, -0.1) is 0 Å². The Kier molecular flexibility index (Phi) is 9.96. The maximum Gasteiger partial charge on any atom is 0.338 e. The zero-order chi connectivity index (χ0) is 36.9. The first-order chi connectivity index (χ1) is 23.3. The van der Waals surface area contributed by atoms with Crippen LogP contribution in [0.2, 0.25) is 0 Å². The quantitative estimate of drug-likeness (QED) is 0.228. The lowest BCUT2D eigenvalue weighted by atomic mass is 9.45. The molecule has 0 N–H and O–H groups in total. The van der Waals surface area contributed by atoms with Crippen LogP contribution in [0.4, 0.5) is 0 Å². The van der Waals surface area contributed by atoms with Crippen LogP contribution in [-0.2, 0) is 57.1 Å². The Balaban J connectivity index is 1.91. The number of carbonyl (C=O) groups is 6. The SMILES string of the molecule is CC(=O)O[C@H]1C[C@H]2[C@@H](OC(=O)c3ccccc3)[C@@H]3[C@]4(OC(C)=O)CO[C@@H]4C[C@H](OC(C)=O)[C@@]3(C)[C@@H](OC(C)=O)[C@H](OC(C)=O)C(=C1C)C2(C)C. The van der Waals surface area contributed by atoms with Gasteiger partial charge in [0, 0.05) is 47.0 Å². The van der Waals surface area contributed by atoms with Crippen molar-refractivity contribution in [1.29, 1.82) is 0 Å². The predicted molar refractivity (Wildman–Crippen MR) is 173 cm³/mol. The van der Waals surface area contributed by atoms with Crippen molar-refractivity contribution >= 4 is 35.8 Å². The minimum atomic E-state index is -1.55. The third kappa shape index (κ3) is 6.29. The summed E-state index contributed by atoms with van der Waals surface area (Å²) in [5.41, 5.74) is -2.70. The lowest BCUT2D eigenvalue weighted by molar-refractivity contribution is -0.355. The van der Waals surface area contributed by atoms with Gasteiger partial charge in [-0.2, -0.15) is 0 Å². The molecule has 1 aromatic rings. The van der Waals surface area contributed by atoms with E-state index in [0.717, 1.165) is 0 Å². The standard InChI is InChI=1S/C37H46O13/c1-18-26(45-19(2)38)15-25-30(49-34(43)24-13-11-10-12-14-24)32-36(9,27(46-20(3)39)16-28-37(32,17-44-28)50-23(6)42)33(48-22(5)41)31(47-21(4)40)29(18)35(25,7)8/h10-14,25-28,30-33H,15-17H2,1-9H3/t25-,26-,27-,28+,30+,31+,32-,33-,36+,37-/m0/s1. The minimum absolute atomic E-state index is 0.0198. The van der Waals surface area contributed by atoms with Crippen LogP contribution in [-0.4, -0.2) is 84.6 Å². The monoisotopic (exact) mass is 698 g/mol. The number of esters is 6. The van der Waals surface area contributed by atoms with E-state index in [4.69, 9.17) is 33.2 Å². The fraction of sp³-hybridized carbons (Fsp3) is 0.622. The summed E-state index contributed by atoms with van der Waals surface area (Å²) in [6.07, 6.45) is -6.43. The zero-order valence-electron chi connectivity index (χ0n) is 29.9. The number of hydrogen-bond acceptors (Lipinski definition) is 13. The van der Waals surface area contributed by atoms with Gasteiger partial charge >= 0.3 is 35.8 Å². The van der Waals surface area contributed by atoms with Crippen LogP contribution in [0.1, 0.15) is 85.5 Å². The first-order valence-electron chi connectivity index (χ1n) is 16.8. The van der Waals surface area contributed by atoms with Crippen molar-refractivity contribution in [2.45, 2.75) is 117 Å². The fourth-order valence-corrected chi connectivity index (χ4v) is 9.24. The van der Waals surface area contributed by atoms with Gasteiger partial charge in [-0.05, 0) is 42.0 Å². The van der Waals surface area contributed by atoms with Crippen LogP contribution >= 0.6 is 0 Å². The average Bonchev–Trinajstić information content (AvgIpc) is 2.99. The summed E-state index contributed by atoms with van der Waals surface area (Å²) in [6.45, 7) is 13.3. The molecule has 1 heterocycles. The second-order valence-corrected chi connectivity index (χ2v) is 14.6. The van der Waals surface area contributed by atoms with Crippen molar-refractivity contribution in [1.82, 2.24) is 0 Å². The van der Waals surface area contributed by atoms with Crippen molar-refractivity contribution in [2.24, 2.45) is 22.7 Å². The predicted octanol–water partition coefficient (Wildman–Crippen LogP) is 4.04. The molecule has 1 saturated heterocycles. The molecular weight excluding hydrogens is 652 g/mol. The molecular formula is C37H46O13. The Bertz CT molecular complexity index is 1600. The number of fused-ring (bicyclic) bond motifs is 5. The van der Waals surface area contributed by atoms with Gasteiger partial charge in [0.15, 0.2) is 17.8 Å². The molecule has 1 aliphatic heterocycles. The highest BCUT2D eigenvalue weighted by molar-refractivity contribution is 5.89. The van der Waals surface area contributed by atoms with E-state index in [-0.39, 0.29) is 25.0 Å². The van der Waals surface area contributed by atoms with Crippen LogP contribution in [0.25, 0.3) is 0 Å². The van der Waals surface area contributed by atoms with Crippen LogP contribution in [0, 0.1) is 22.7 Å². The largest absolute Gasteiger partial charge is 0.462 e. The topological polar surface area (TPSA) is 167 Å². The number of carbonyl (C=O) groups excluding carboxylic acids is 6. The molecule has 1 aromatic carbocycles. The molecule has 3 aliphatic carbocycles. The van der Waals surface area contributed by atoms with Crippen LogP contribution in [0.15, 0.2) is 41.5 Å². The molecule has 2 saturated carbocycles. The van der Waals surface area contributed by atoms with Crippen molar-refractivity contribution in [3.05, 3.63) is 47.0 Å². The summed E-state index contributed by atoms with van der Waals surface area (Å²) in [7, 11) is 0. The summed E-state index contributed by atoms with van der Waals surface area (Å²) in [5.74, 6) is -5.75. The summed E-state index contributed by atoms with van der Waals surface area (Å²) in [6, 6.07) is 8.35. The summed E-state index contributed by atoms with van der Waals surface area (Å²) >= 11 is 0. The number of ether oxygens (including phenoxy) is 7. The van der Waals surface area contributed by atoms with Gasteiger partial charge in [0.1, 0.15) is 24.4 Å². The highest BCUT2D eigenvalue weighted by atomic mass is 16.6. The molecule has 13 nitrogen and oxygen atoms in total. The zero-order valence-corrected chi connectivity index (χ0v) is 29.9. The van der Waals surface area contributed by atoms with Gasteiger partial charge in [0.25, 0.3) is 0 Å². The number of hydrogen-bond donors (Lipinski definition) is 0. The van der Waals surface area contributed by atoms with E-state index in [0.29, 0.717) is 11.1 Å². The maximum absolute atomic E-state index is 14.1. The van der Waals surface area contributed by atoms with Crippen molar-refractivity contribution in [3.8, 4) is 0 Å². The number of benzene rings is 1. The van der Waals surface area contributed by atoms with E-state index in [1.165, 1.54) is 34.6 Å². The van der Waals surface area contributed by atoms with Gasteiger partial charge < -0.3 is 33.2 Å². The first-order valence-corrected chi connectivity index (χ1v) is 16.8. The fourth-order valence-electron chi connectivity index (χ4n) is 9.24.